The molecule has 0 bridgehead atoms. The number of halogens is 1. The van der Waals surface area contributed by atoms with E-state index in [4.69, 9.17) is 0 Å². The second kappa shape index (κ2) is 7.73. The number of nitrogens with one attached hydrogen (secondary N) is 1. The number of pyridine rings is 1. The zero-order valence-electron chi connectivity index (χ0n) is 17.5. The smallest absolute Gasteiger partial charge is 0.256 e. The predicted molar refractivity (Wildman–Crippen MR) is 120 cm³/mol. The first kappa shape index (κ1) is 19.6. The number of hydrogen-bond acceptors (Lipinski definition) is 4. The molecule has 0 aliphatic rings. The van der Waals surface area contributed by atoms with Crippen LogP contribution in [0, 0.1) is 12.7 Å². The molecule has 158 valence electrons. The lowest BCUT2D eigenvalue weighted by Crippen LogP contribution is -2.14. The molecule has 0 aliphatic heterocycles. The van der Waals surface area contributed by atoms with Gasteiger partial charge in [0.15, 0.2) is 11.5 Å². The molecule has 1 N–H and O–H groups in total. The molecule has 0 spiro atoms. The molecule has 0 radical (unpaired) electrons. The van der Waals surface area contributed by atoms with Crippen molar-refractivity contribution in [3.8, 4) is 22.5 Å². The van der Waals surface area contributed by atoms with Gasteiger partial charge in [0.2, 0.25) is 0 Å². The Morgan fingerprint density at radius 3 is 2.62 bits per heavy atom. The first-order valence-corrected chi connectivity index (χ1v) is 10.0. The Bertz CT molecular complexity index is 1470. The monoisotopic (exact) mass is 426 g/mol. The fourth-order valence-electron chi connectivity index (χ4n) is 3.64. The van der Waals surface area contributed by atoms with Crippen molar-refractivity contribution >= 4 is 17.4 Å². The highest BCUT2D eigenvalue weighted by molar-refractivity contribution is 6.04. The second-order valence-electron chi connectivity index (χ2n) is 7.47. The van der Waals surface area contributed by atoms with E-state index >= 15 is 0 Å². The number of anilines is 1. The summed E-state index contributed by atoms with van der Waals surface area (Å²) >= 11 is 0. The SMILES string of the molecule is Cc1ccc(C(=O)Nc2ccnn2C)cc1-c1ccn2c(-c3ccccc3F)nnc2c1. The Labute approximate surface area is 183 Å². The molecule has 3 aromatic heterocycles. The normalized spacial score (nSPS) is 11.1. The molecule has 5 aromatic rings. The zero-order valence-corrected chi connectivity index (χ0v) is 17.5. The molecule has 0 saturated heterocycles. The van der Waals surface area contributed by atoms with Gasteiger partial charge in [-0.25, -0.2) is 4.39 Å². The summed E-state index contributed by atoms with van der Waals surface area (Å²) in [5, 5.41) is 15.3. The number of aryl methyl sites for hydroxylation is 2. The van der Waals surface area contributed by atoms with Gasteiger partial charge in [0.25, 0.3) is 5.91 Å². The van der Waals surface area contributed by atoms with Gasteiger partial charge in [0, 0.05) is 24.9 Å². The first-order valence-electron chi connectivity index (χ1n) is 10.0. The largest absolute Gasteiger partial charge is 0.307 e. The summed E-state index contributed by atoms with van der Waals surface area (Å²) in [5.41, 5.74) is 4.31. The topological polar surface area (TPSA) is 77.1 Å². The van der Waals surface area contributed by atoms with Gasteiger partial charge in [0.05, 0.1) is 11.8 Å². The van der Waals surface area contributed by atoms with E-state index in [0.29, 0.717) is 28.4 Å². The van der Waals surface area contributed by atoms with Crippen molar-refractivity contribution in [2.24, 2.45) is 7.05 Å². The Morgan fingerprint density at radius 2 is 1.84 bits per heavy atom. The number of fused-ring (bicyclic) bond motifs is 1. The first-order chi connectivity index (χ1) is 15.5. The summed E-state index contributed by atoms with van der Waals surface area (Å²) in [6.45, 7) is 1.98. The summed E-state index contributed by atoms with van der Waals surface area (Å²) < 4.78 is 17.6. The van der Waals surface area contributed by atoms with Crippen LogP contribution < -0.4 is 5.32 Å². The van der Waals surface area contributed by atoms with E-state index in [-0.39, 0.29) is 11.7 Å². The van der Waals surface area contributed by atoms with Crippen molar-refractivity contribution in [2.45, 2.75) is 6.92 Å². The van der Waals surface area contributed by atoms with E-state index in [2.05, 4.69) is 20.6 Å². The van der Waals surface area contributed by atoms with Gasteiger partial charge in [-0.1, -0.05) is 18.2 Å². The van der Waals surface area contributed by atoms with Gasteiger partial charge in [-0.3, -0.25) is 13.9 Å². The Morgan fingerprint density at radius 1 is 1.00 bits per heavy atom. The molecule has 0 saturated carbocycles. The number of benzene rings is 2. The van der Waals surface area contributed by atoms with Gasteiger partial charge in [-0.05, 0) is 60.0 Å². The van der Waals surface area contributed by atoms with Crippen LogP contribution in [0.1, 0.15) is 15.9 Å². The third-order valence-electron chi connectivity index (χ3n) is 5.40. The summed E-state index contributed by atoms with van der Waals surface area (Å²) in [6.07, 6.45) is 3.44. The summed E-state index contributed by atoms with van der Waals surface area (Å²) in [5.74, 6) is 0.474. The Hall–Kier alpha value is -4.33. The highest BCUT2D eigenvalue weighted by Gasteiger charge is 2.15. The average molecular weight is 426 g/mol. The molecule has 5 rings (SSSR count). The standard InChI is InChI=1S/C24H19FN6O/c1-15-7-8-17(24(32)27-21-9-11-26-30(21)2)13-19(15)16-10-12-31-22(14-16)28-29-23(31)18-5-3-4-6-20(18)25/h3-14H,1-2H3,(H,27,32). The van der Waals surface area contributed by atoms with E-state index in [1.54, 1.807) is 52.7 Å². The lowest BCUT2D eigenvalue weighted by molar-refractivity contribution is 0.102. The highest BCUT2D eigenvalue weighted by Crippen LogP contribution is 2.28. The fourth-order valence-corrected chi connectivity index (χ4v) is 3.64. The average Bonchev–Trinajstić information content (AvgIpc) is 3.40. The molecule has 0 fully saturated rings. The number of hydrogen-bond donors (Lipinski definition) is 1. The van der Waals surface area contributed by atoms with Crippen LogP contribution in [0.25, 0.3) is 28.2 Å². The van der Waals surface area contributed by atoms with Gasteiger partial charge in [-0.2, -0.15) is 5.10 Å². The van der Waals surface area contributed by atoms with Crippen LogP contribution in [-0.4, -0.2) is 30.3 Å². The van der Waals surface area contributed by atoms with E-state index in [9.17, 15) is 9.18 Å². The summed E-state index contributed by atoms with van der Waals surface area (Å²) in [6, 6.07) is 17.5. The van der Waals surface area contributed by atoms with Crippen molar-refractivity contribution in [3.63, 3.8) is 0 Å². The molecule has 0 unspecified atom stereocenters. The third kappa shape index (κ3) is 3.41. The summed E-state index contributed by atoms with van der Waals surface area (Å²) in [4.78, 5) is 12.7. The third-order valence-corrected chi connectivity index (χ3v) is 5.40. The van der Waals surface area contributed by atoms with Crippen LogP contribution in [0.5, 0.6) is 0 Å². The fraction of sp³-hybridized carbons (Fsp3) is 0.0833. The van der Waals surface area contributed by atoms with Crippen LogP contribution in [0.3, 0.4) is 0 Å². The van der Waals surface area contributed by atoms with E-state index in [0.717, 1.165) is 16.7 Å². The number of rotatable bonds is 4. The number of nitrogens with zero attached hydrogens (tertiary/aromatic N) is 5. The highest BCUT2D eigenvalue weighted by atomic mass is 19.1. The maximum Gasteiger partial charge on any atom is 0.256 e. The van der Waals surface area contributed by atoms with Crippen LogP contribution in [0.4, 0.5) is 10.2 Å². The minimum absolute atomic E-state index is 0.222. The van der Waals surface area contributed by atoms with Gasteiger partial charge in [-0.15, -0.1) is 10.2 Å². The van der Waals surface area contributed by atoms with E-state index in [1.165, 1.54) is 6.07 Å². The van der Waals surface area contributed by atoms with Gasteiger partial charge in [0.1, 0.15) is 11.6 Å². The molecule has 1 amide bonds. The minimum Gasteiger partial charge on any atom is -0.307 e. The molecular formula is C24H19FN6O. The number of aromatic nitrogens is 5. The molecule has 7 nitrogen and oxygen atoms in total. The molecule has 2 aromatic carbocycles. The van der Waals surface area contributed by atoms with Crippen molar-refractivity contribution in [1.82, 2.24) is 24.4 Å². The minimum atomic E-state index is -0.353. The molecule has 0 atom stereocenters. The lowest BCUT2D eigenvalue weighted by Gasteiger charge is -2.11. The number of carbonyl (C=O) groups is 1. The maximum absolute atomic E-state index is 14.2. The van der Waals surface area contributed by atoms with Crippen molar-refractivity contribution in [1.29, 1.82) is 0 Å². The van der Waals surface area contributed by atoms with Crippen molar-refractivity contribution in [2.75, 3.05) is 5.32 Å². The van der Waals surface area contributed by atoms with E-state index in [1.807, 2.05) is 37.4 Å². The zero-order chi connectivity index (χ0) is 22.2. The summed E-state index contributed by atoms with van der Waals surface area (Å²) in [7, 11) is 1.76. The van der Waals surface area contributed by atoms with E-state index < -0.39 is 0 Å². The molecule has 32 heavy (non-hydrogen) atoms. The molecule has 8 heteroatoms. The number of carbonyl (C=O) groups excluding carboxylic acids is 1. The van der Waals surface area contributed by atoms with Gasteiger partial charge < -0.3 is 5.32 Å². The van der Waals surface area contributed by atoms with Gasteiger partial charge >= 0.3 is 0 Å². The molecular weight excluding hydrogens is 407 g/mol. The number of amides is 1. The lowest BCUT2D eigenvalue weighted by atomic mass is 9.98. The van der Waals surface area contributed by atoms with Crippen molar-refractivity contribution < 1.29 is 9.18 Å². The van der Waals surface area contributed by atoms with Crippen LogP contribution in [0.15, 0.2) is 73.1 Å². The second-order valence-corrected chi connectivity index (χ2v) is 7.47. The Balaban J connectivity index is 1.51. The molecule has 0 aliphatic carbocycles. The predicted octanol–water partition coefficient (Wildman–Crippen LogP) is 4.50. The maximum atomic E-state index is 14.2. The van der Waals surface area contributed by atoms with Crippen LogP contribution in [0.2, 0.25) is 0 Å². The van der Waals surface area contributed by atoms with Crippen LogP contribution >= 0.6 is 0 Å². The Kier molecular flexibility index (Phi) is 4.74. The quantitative estimate of drug-likeness (QED) is 0.459. The molecule has 3 heterocycles. The van der Waals surface area contributed by atoms with Crippen molar-refractivity contribution in [3.05, 3.63) is 90.0 Å². The van der Waals surface area contributed by atoms with Crippen LogP contribution in [-0.2, 0) is 7.05 Å².